The van der Waals surface area contributed by atoms with E-state index in [1.165, 1.54) is 0 Å². The van der Waals surface area contributed by atoms with Gasteiger partial charge in [-0.2, -0.15) is 0 Å². The van der Waals surface area contributed by atoms with Crippen LogP contribution < -0.4 is 9.64 Å². The maximum absolute atomic E-state index is 13.7. The summed E-state index contributed by atoms with van der Waals surface area (Å²) >= 11 is 0. The minimum absolute atomic E-state index is 0.0788. The number of anilines is 1. The van der Waals surface area contributed by atoms with Crippen LogP contribution in [-0.4, -0.2) is 47.7 Å². The zero-order chi connectivity index (χ0) is 22.2. The van der Waals surface area contributed by atoms with E-state index in [2.05, 4.69) is 4.98 Å². The van der Waals surface area contributed by atoms with Crippen LogP contribution in [0.1, 0.15) is 44.7 Å². The Labute approximate surface area is 183 Å². The van der Waals surface area contributed by atoms with Gasteiger partial charge in [0.1, 0.15) is 11.4 Å². The van der Waals surface area contributed by atoms with E-state index in [9.17, 15) is 9.59 Å². The van der Waals surface area contributed by atoms with Gasteiger partial charge in [-0.15, -0.1) is 0 Å². The highest BCUT2D eigenvalue weighted by atomic mass is 16.6. The molecule has 164 valence electrons. The van der Waals surface area contributed by atoms with E-state index in [1.54, 1.807) is 24.4 Å². The van der Waals surface area contributed by atoms with E-state index in [4.69, 9.17) is 9.47 Å². The molecule has 1 aromatic carbocycles. The SMILES string of the molecule is COc1ccc(CN2C(=O)C3(CCN(C(=O)OC(C)(C)C)CC3)c3ccncc32)cc1. The molecule has 0 N–H and O–H groups in total. The predicted molar refractivity (Wildman–Crippen MR) is 117 cm³/mol. The fourth-order valence-electron chi connectivity index (χ4n) is 4.44. The molecule has 2 aliphatic rings. The lowest BCUT2D eigenvalue weighted by Crippen LogP contribution is -2.50. The highest BCUT2D eigenvalue weighted by molar-refractivity contribution is 6.08. The summed E-state index contributed by atoms with van der Waals surface area (Å²) in [4.78, 5) is 34.0. The number of pyridine rings is 1. The van der Waals surface area contributed by atoms with Crippen molar-refractivity contribution in [2.24, 2.45) is 0 Å². The van der Waals surface area contributed by atoms with E-state index in [-0.39, 0.29) is 12.0 Å². The number of methoxy groups -OCH3 is 1. The van der Waals surface area contributed by atoms with Crippen LogP contribution in [0.5, 0.6) is 5.75 Å². The van der Waals surface area contributed by atoms with Crippen molar-refractivity contribution in [3.63, 3.8) is 0 Å². The molecule has 2 amide bonds. The number of hydrogen-bond acceptors (Lipinski definition) is 5. The summed E-state index contributed by atoms with van der Waals surface area (Å²) in [6.07, 6.45) is 4.33. The predicted octanol–water partition coefficient (Wildman–Crippen LogP) is 3.91. The van der Waals surface area contributed by atoms with Crippen molar-refractivity contribution in [2.45, 2.75) is 51.2 Å². The Morgan fingerprint density at radius 2 is 1.81 bits per heavy atom. The molecule has 3 heterocycles. The summed E-state index contributed by atoms with van der Waals surface area (Å²) in [5.74, 6) is 0.861. The maximum atomic E-state index is 13.7. The minimum Gasteiger partial charge on any atom is -0.497 e. The monoisotopic (exact) mass is 423 g/mol. The number of fused-ring (bicyclic) bond motifs is 2. The van der Waals surface area contributed by atoms with E-state index < -0.39 is 11.0 Å². The highest BCUT2D eigenvalue weighted by Crippen LogP contribution is 2.48. The van der Waals surface area contributed by atoms with Gasteiger partial charge in [0, 0.05) is 19.3 Å². The molecule has 7 heteroatoms. The van der Waals surface area contributed by atoms with Crippen LogP contribution in [0.4, 0.5) is 10.5 Å². The van der Waals surface area contributed by atoms with Gasteiger partial charge in [0.2, 0.25) is 5.91 Å². The number of amides is 2. The van der Waals surface area contributed by atoms with Gasteiger partial charge >= 0.3 is 6.09 Å². The van der Waals surface area contributed by atoms with Crippen molar-refractivity contribution in [1.82, 2.24) is 9.88 Å². The van der Waals surface area contributed by atoms with Crippen molar-refractivity contribution in [3.05, 3.63) is 53.9 Å². The lowest BCUT2D eigenvalue weighted by atomic mass is 9.74. The number of benzene rings is 1. The number of likely N-dealkylation sites (tertiary alicyclic amines) is 1. The van der Waals surface area contributed by atoms with Crippen molar-refractivity contribution in [3.8, 4) is 5.75 Å². The number of nitrogens with zero attached hydrogens (tertiary/aromatic N) is 3. The van der Waals surface area contributed by atoms with Gasteiger partial charge in [-0.1, -0.05) is 12.1 Å². The first kappa shape index (κ1) is 21.2. The number of carbonyl (C=O) groups excluding carboxylic acids is 2. The summed E-state index contributed by atoms with van der Waals surface area (Å²) in [7, 11) is 1.63. The standard InChI is InChI=1S/C24H29N3O4/c1-23(2,3)31-22(29)26-13-10-24(11-14-26)19-9-12-25-15-20(19)27(21(24)28)16-17-5-7-18(30-4)8-6-17/h5-9,12,15H,10-11,13-14,16H2,1-4H3. The van der Waals surface area contributed by atoms with Crippen LogP contribution in [0.2, 0.25) is 0 Å². The average molecular weight is 424 g/mol. The summed E-state index contributed by atoms with van der Waals surface area (Å²) in [6.45, 7) is 7.02. The summed E-state index contributed by atoms with van der Waals surface area (Å²) in [5, 5.41) is 0. The van der Waals surface area contributed by atoms with Crippen LogP contribution in [0.3, 0.4) is 0 Å². The zero-order valence-corrected chi connectivity index (χ0v) is 18.6. The van der Waals surface area contributed by atoms with E-state index in [1.807, 2.05) is 56.0 Å². The van der Waals surface area contributed by atoms with Gasteiger partial charge in [-0.05, 0) is 62.9 Å². The van der Waals surface area contributed by atoms with E-state index in [0.717, 1.165) is 22.6 Å². The van der Waals surface area contributed by atoms with E-state index in [0.29, 0.717) is 32.5 Å². The molecule has 0 unspecified atom stereocenters. The first-order chi connectivity index (χ1) is 14.7. The molecule has 0 radical (unpaired) electrons. The van der Waals surface area contributed by atoms with Crippen molar-refractivity contribution < 1.29 is 19.1 Å². The second-order valence-electron chi connectivity index (χ2n) is 9.18. The molecule has 2 aromatic rings. The molecule has 0 aliphatic carbocycles. The number of ether oxygens (including phenoxy) is 2. The van der Waals surface area contributed by atoms with Gasteiger partial charge in [0.15, 0.2) is 0 Å². The average Bonchev–Trinajstić information content (AvgIpc) is 2.96. The Morgan fingerprint density at radius 3 is 2.42 bits per heavy atom. The number of rotatable bonds is 3. The van der Waals surface area contributed by atoms with Gasteiger partial charge in [0.05, 0.1) is 31.0 Å². The summed E-state index contributed by atoms with van der Waals surface area (Å²) in [5.41, 5.74) is 1.72. The maximum Gasteiger partial charge on any atom is 0.410 e. The lowest BCUT2D eigenvalue weighted by molar-refractivity contribution is -0.125. The third-order valence-electron chi connectivity index (χ3n) is 6.03. The van der Waals surface area contributed by atoms with Crippen LogP contribution >= 0.6 is 0 Å². The molecule has 31 heavy (non-hydrogen) atoms. The van der Waals surface area contributed by atoms with Crippen LogP contribution in [0.15, 0.2) is 42.7 Å². The molecular formula is C24H29N3O4. The topological polar surface area (TPSA) is 72.0 Å². The molecule has 0 atom stereocenters. The Kier molecular flexibility index (Phi) is 5.37. The quantitative estimate of drug-likeness (QED) is 0.749. The normalized spacial score (nSPS) is 17.6. The third-order valence-corrected chi connectivity index (χ3v) is 6.03. The van der Waals surface area contributed by atoms with Crippen LogP contribution in [-0.2, 0) is 21.5 Å². The van der Waals surface area contributed by atoms with Crippen LogP contribution in [0, 0.1) is 0 Å². The fourth-order valence-corrected chi connectivity index (χ4v) is 4.44. The largest absolute Gasteiger partial charge is 0.497 e. The molecule has 1 saturated heterocycles. The second-order valence-corrected chi connectivity index (χ2v) is 9.18. The second kappa shape index (κ2) is 7.87. The van der Waals surface area contributed by atoms with Gasteiger partial charge in [0.25, 0.3) is 0 Å². The molecular weight excluding hydrogens is 394 g/mol. The van der Waals surface area contributed by atoms with Crippen LogP contribution in [0.25, 0.3) is 0 Å². The molecule has 0 saturated carbocycles. The number of aromatic nitrogens is 1. The first-order valence-corrected chi connectivity index (χ1v) is 10.6. The summed E-state index contributed by atoms with van der Waals surface area (Å²) < 4.78 is 10.7. The Bertz CT molecular complexity index is 973. The number of hydrogen-bond donors (Lipinski definition) is 0. The van der Waals surface area contributed by atoms with Gasteiger partial charge in [-0.3, -0.25) is 9.78 Å². The molecule has 1 spiro atoms. The lowest BCUT2D eigenvalue weighted by Gasteiger charge is -2.38. The van der Waals surface area contributed by atoms with Gasteiger partial charge < -0.3 is 19.3 Å². The molecule has 1 aromatic heterocycles. The Balaban J connectivity index is 1.55. The minimum atomic E-state index is -0.622. The molecule has 4 rings (SSSR count). The molecule has 2 aliphatic heterocycles. The molecule has 1 fully saturated rings. The van der Waals surface area contributed by atoms with Crippen molar-refractivity contribution in [1.29, 1.82) is 0 Å². The Morgan fingerprint density at radius 1 is 1.13 bits per heavy atom. The fraction of sp³-hybridized carbons (Fsp3) is 0.458. The summed E-state index contributed by atoms with van der Waals surface area (Å²) in [6, 6.07) is 9.69. The zero-order valence-electron chi connectivity index (χ0n) is 18.6. The molecule has 7 nitrogen and oxygen atoms in total. The van der Waals surface area contributed by atoms with Gasteiger partial charge in [-0.25, -0.2) is 4.79 Å². The van der Waals surface area contributed by atoms with Crippen molar-refractivity contribution >= 4 is 17.7 Å². The number of piperidine rings is 1. The smallest absolute Gasteiger partial charge is 0.410 e. The first-order valence-electron chi connectivity index (χ1n) is 10.6. The number of carbonyl (C=O) groups is 2. The Hall–Kier alpha value is -3.09. The van der Waals surface area contributed by atoms with Crippen molar-refractivity contribution in [2.75, 3.05) is 25.1 Å². The third kappa shape index (κ3) is 3.96. The molecule has 0 bridgehead atoms. The van der Waals surface area contributed by atoms with E-state index >= 15 is 0 Å². The highest BCUT2D eigenvalue weighted by Gasteiger charge is 2.52.